The molecule has 1 unspecified atom stereocenters. The fraction of sp³-hybridized carbons (Fsp3) is 0.229. The van der Waals surface area contributed by atoms with Gasteiger partial charge in [0, 0.05) is 53.7 Å². The molecular formula is C35H32BrN9O3. The van der Waals surface area contributed by atoms with Crippen molar-refractivity contribution in [3.8, 4) is 17.1 Å². The Morgan fingerprint density at radius 2 is 1.81 bits per heavy atom. The molecule has 7 rings (SSSR count). The zero-order valence-corrected chi connectivity index (χ0v) is 28.2. The summed E-state index contributed by atoms with van der Waals surface area (Å²) in [5.74, 6) is -0.0890. The van der Waals surface area contributed by atoms with Crippen LogP contribution in [0.3, 0.4) is 0 Å². The average Bonchev–Trinajstić information content (AvgIpc) is 3.65. The van der Waals surface area contributed by atoms with Crippen LogP contribution in [0.1, 0.15) is 51.5 Å². The lowest BCUT2D eigenvalue weighted by Crippen LogP contribution is -2.47. The molecule has 0 bridgehead atoms. The number of imidazole rings is 1. The topological polar surface area (TPSA) is 133 Å². The molecule has 1 aliphatic rings. The first-order chi connectivity index (χ1) is 23.2. The third kappa shape index (κ3) is 5.49. The lowest BCUT2D eigenvalue weighted by atomic mass is 10.1. The summed E-state index contributed by atoms with van der Waals surface area (Å²) in [6.07, 6.45) is 3.34. The Morgan fingerprint density at radius 1 is 1.02 bits per heavy atom. The molecule has 48 heavy (non-hydrogen) atoms. The number of benzene rings is 3. The van der Waals surface area contributed by atoms with Crippen LogP contribution >= 0.6 is 15.9 Å². The highest BCUT2D eigenvalue weighted by Gasteiger charge is 2.35. The lowest BCUT2D eigenvalue weighted by molar-refractivity contribution is 0.0610. The van der Waals surface area contributed by atoms with Crippen molar-refractivity contribution in [2.45, 2.75) is 53.0 Å². The Bertz CT molecular complexity index is 2260. The lowest BCUT2D eigenvalue weighted by Gasteiger charge is -2.34. The molecule has 2 amide bonds. The van der Waals surface area contributed by atoms with Crippen molar-refractivity contribution in [1.82, 2.24) is 44.3 Å². The van der Waals surface area contributed by atoms with Crippen LogP contribution in [0.2, 0.25) is 0 Å². The number of hydrogen-bond acceptors (Lipinski definition) is 7. The summed E-state index contributed by atoms with van der Waals surface area (Å²) in [5.41, 5.74) is 5.22. The molecule has 242 valence electrons. The predicted octanol–water partition coefficient (Wildman–Crippen LogP) is 4.91. The van der Waals surface area contributed by atoms with Gasteiger partial charge in [0.15, 0.2) is 5.82 Å². The molecule has 4 heterocycles. The first-order valence-electron chi connectivity index (χ1n) is 15.6. The van der Waals surface area contributed by atoms with Gasteiger partial charge in [-0.3, -0.25) is 18.7 Å². The van der Waals surface area contributed by atoms with Gasteiger partial charge >= 0.3 is 5.69 Å². The van der Waals surface area contributed by atoms with Crippen LogP contribution in [0.5, 0.6) is 0 Å². The van der Waals surface area contributed by atoms with Crippen molar-refractivity contribution in [3.05, 3.63) is 122 Å². The van der Waals surface area contributed by atoms with Crippen molar-refractivity contribution in [3.63, 3.8) is 0 Å². The van der Waals surface area contributed by atoms with Gasteiger partial charge in [-0.15, -0.1) is 5.10 Å². The van der Waals surface area contributed by atoms with E-state index in [2.05, 4.69) is 41.5 Å². The molecule has 0 saturated carbocycles. The fourth-order valence-corrected chi connectivity index (χ4v) is 6.47. The molecule has 12 nitrogen and oxygen atoms in total. The minimum atomic E-state index is -0.455. The number of aromatic nitrogens is 7. The van der Waals surface area contributed by atoms with Gasteiger partial charge in [-0.25, -0.2) is 19.4 Å². The SMILES string of the molecule is CCn1nnc2cc(-n3c(C(=O)NCc4ccccc4-c4ncccn4)c4n(c3=O)CC(C)N(C(=O)c3ccc(Br)c(C)c3)C4)ccc21. The second kappa shape index (κ2) is 12.6. The number of hydrogen-bond donors (Lipinski definition) is 1. The second-order valence-electron chi connectivity index (χ2n) is 11.8. The number of carbonyl (C=O) groups is 2. The number of nitrogens with one attached hydrogen (secondary N) is 1. The molecule has 0 fully saturated rings. The van der Waals surface area contributed by atoms with E-state index in [9.17, 15) is 14.4 Å². The van der Waals surface area contributed by atoms with E-state index < -0.39 is 5.91 Å². The van der Waals surface area contributed by atoms with Gasteiger partial charge in [-0.1, -0.05) is 45.4 Å². The zero-order chi connectivity index (χ0) is 33.5. The highest BCUT2D eigenvalue weighted by Crippen LogP contribution is 2.27. The Balaban J connectivity index is 1.30. The largest absolute Gasteiger partial charge is 0.347 e. The van der Waals surface area contributed by atoms with Crippen LogP contribution in [0.15, 0.2) is 88.4 Å². The van der Waals surface area contributed by atoms with Crippen molar-refractivity contribution in [2.75, 3.05) is 0 Å². The fourth-order valence-electron chi connectivity index (χ4n) is 6.23. The Kier molecular flexibility index (Phi) is 8.21. The molecule has 0 saturated heterocycles. The maximum Gasteiger partial charge on any atom is 0.333 e. The zero-order valence-electron chi connectivity index (χ0n) is 26.6. The van der Waals surface area contributed by atoms with Gasteiger partial charge in [0.1, 0.15) is 11.2 Å². The third-order valence-electron chi connectivity index (χ3n) is 8.74. The van der Waals surface area contributed by atoms with Gasteiger partial charge in [0.05, 0.1) is 23.4 Å². The summed E-state index contributed by atoms with van der Waals surface area (Å²) in [6, 6.07) is 19.9. The van der Waals surface area contributed by atoms with Crippen LogP contribution in [0, 0.1) is 6.92 Å². The quantitative estimate of drug-likeness (QED) is 0.250. The second-order valence-corrected chi connectivity index (χ2v) is 12.6. The molecule has 1 N–H and O–H groups in total. The number of aryl methyl sites for hydroxylation is 2. The van der Waals surface area contributed by atoms with Crippen molar-refractivity contribution >= 4 is 38.8 Å². The Morgan fingerprint density at radius 3 is 2.58 bits per heavy atom. The first kappa shape index (κ1) is 31.2. The van der Waals surface area contributed by atoms with Crippen LogP contribution in [-0.2, 0) is 26.2 Å². The molecule has 1 atom stereocenters. The van der Waals surface area contributed by atoms with Gasteiger partial charge in [0.25, 0.3) is 11.8 Å². The van der Waals surface area contributed by atoms with Crippen molar-refractivity contribution in [1.29, 1.82) is 0 Å². The smallest absolute Gasteiger partial charge is 0.333 e. The maximum absolute atomic E-state index is 14.3. The van der Waals surface area contributed by atoms with E-state index in [0.29, 0.717) is 34.8 Å². The highest BCUT2D eigenvalue weighted by molar-refractivity contribution is 9.10. The molecule has 6 aromatic rings. The number of halogens is 1. The highest BCUT2D eigenvalue weighted by atomic mass is 79.9. The van der Waals surface area contributed by atoms with E-state index >= 15 is 0 Å². The summed E-state index contributed by atoms with van der Waals surface area (Å²) in [6.45, 7) is 6.91. The summed E-state index contributed by atoms with van der Waals surface area (Å²) >= 11 is 3.51. The average molecular weight is 707 g/mol. The first-order valence-corrected chi connectivity index (χ1v) is 16.4. The molecule has 13 heteroatoms. The summed E-state index contributed by atoms with van der Waals surface area (Å²) < 4.78 is 5.70. The predicted molar refractivity (Wildman–Crippen MR) is 184 cm³/mol. The summed E-state index contributed by atoms with van der Waals surface area (Å²) in [5, 5.41) is 11.5. The molecular weight excluding hydrogens is 674 g/mol. The molecule has 1 aliphatic heterocycles. The maximum atomic E-state index is 14.3. The van der Waals surface area contributed by atoms with E-state index in [0.717, 1.165) is 26.7 Å². The monoisotopic (exact) mass is 705 g/mol. The third-order valence-corrected chi connectivity index (χ3v) is 9.63. The van der Waals surface area contributed by atoms with Gasteiger partial charge in [0.2, 0.25) is 0 Å². The summed E-state index contributed by atoms with van der Waals surface area (Å²) in [4.78, 5) is 52.9. The Labute approximate surface area is 284 Å². The van der Waals surface area contributed by atoms with Gasteiger partial charge in [-0.05, 0) is 74.4 Å². The van der Waals surface area contributed by atoms with Crippen LogP contribution in [-0.4, -0.2) is 56.9 Å². The molecule has 0 spiro atoms. The Hall–Kier alpha value is -5.43. The molecule has 3 aromatic carbocycles. The van der Waals surface area contributed by atoms with E-state index in [1.807, 2.05) is 63.2 Å². The van der Waals surface area contributed by atoms with Crippen molar-refractivity contribution in [2.24, 2.45) is 0 Å². The minimum absolute atomic E-state index is 0.0722. The van der Waals surface area contributed by atoms with Crippen LogP contribution < -0.4 is 11.0 Å². The van der Waals surface area contributed by atoms with E-state index in [1.54, 1.807) is 50.8 Å². The minimum Gasteiger partial charge on any atom is -0.347 e. The normalized spacial score (nSPS) is 14.2. The van der Waals surface area contributed by atoms with E-state index in [1.165, 1.54) is 4.57 Å². The number of nitrogens with zero attached hydrogens (tertiary/aromatic N) is 8. The molecule has 0 radical (unpaired) electrons. The standard InChI is InChI=1S/C35H32BrN9O3/c1-4-44-29-13-11-25(17-28(29)40-41-44)45-31(33(46)39-18-24-8-5-6-9-26(24)32-37-14-7-15-38-32)30-20-42(22(3)19-43(30)35(45)48)34(47)23-10-12-27(36)21(2)16-23/h5-17,22H,4,18-20H2,1-3H3,(H,39,46). The number of rotatable bonds is 7. The van der Waals surface area contributed by atoms with Crippen LogP contribution in [0.25, 0.3) is 28.1 Å². The number of fused-ring (bicyclic) bond motifs is 2. The van der Waals surface area contributed by atoms with E-state index in [-0.39, 0.29) is 43.0 Å². The van der Waals surface area contributed by atoms with Gasteiger partial charge < -0.3 is 10.2 Å². The summed E-state index contributed by atoms with van der Waals surface area (Å²) in [7, 11) is 0. The number of amides is 2. The molecule has 3 aromatic heterocycles. The van der Waals surface area contributed by atoms with Crippen LogP contribution in [0.4, 0.5) is 0 Å². The number of carbonyl (C=O) groups excluding carboxylic acids is 2. The van der Waals surface area contributed by atoms with E-state index in [4.69, 9.17) is 0 Å². The van der Waals surface area contributed by atoms with Gasteiger partial charge in [-0.2, -0.15) is 0 Å². The molecule has 0 aliphatic carbocycles. The van der Waals surface area contributed by atoms with Crippen molar-refractivity contribution < 1.29 is 9.59 Å².